The van der Waals surface area contributed by atoms with Gasteiger partial charge in [0, 0.05) is 13.1 Å². The standard InChI is InChI=1S/C16H24FN3O/c1-3-18-15(20-11-16(21)7-4-8-16)19-10-13-5-6-14(17)12(2)9-13/h5-6,9,21H,3-4,7-8,10-11H2,1-2H3,(H2,18,19,20). The van der Waals surface area contributed by atoms with Crippen LogP contribution in [0.15, 0.2) is 23.2 Å². The lowest BCUT2D eigenvalue weighted by Crippen LogP contribution is -2.50. The molecule has 2 rings (SSSR count). The predicted molar refractivity (Wildman–Crippen MR) is 82.8 cm³/mol. The monoisotopic (exact) mass is 293 g/mol. The maximum atomic E-state index is 13.2. The van der Waals surface area contributed by atoms with Crippen LogP contribution in [0.2, 0.25) is 0 Å². The van der Waals surface area contributed by atoms with Crippen LogP contribution in [-0.2, 0) is 6.54 Å². The van der Waals surface area contributed by atoms with Crippen molar-refractivity contribution in [2.75, 3.05) is 13.1 Å². The second-order valence-corrected chi connectivity index (χ2v) is 5.71. The normalized spacial score (nSPS) is 17.2. The van der Waals surface area contributed by atoms with E-state index in [9.17, 15) is 9.50 Å². The molecule has 0 atom stereocenters. The molecule has 116 valence electrons. The van der Waals surface area contributed by atoms with Crippen LogP contribution in [0.1, 0.15) is 37.3 Å². The number of nitrogens with one attached hydrogen (secondary N) is 2. The van der Waals surface area contributed by atoms with E-state index in [4.69, 9.17) is 0 Å². The minimum Gasteiger partial charge on any atom is -0.388 e. The molecule has 0 amide bonds. The Bertz CT molecular complexity index is 512. The number of hydrogen-bond acceptors (Lipinski definition) is 2. The van der Waals surface area contributed by atoms with Gasteiger partial charge in [0.25, 0.3) is 0 Å². The molecule has 1 aromatic carbocycles. The van der Waals surface area contributed by atoms with Gasteiger partial charge in [-0.2, -0.15) is 0 Å². The highest BCUT2D eigenvalue weighted by atomic mass is 19.1. The van der Waals surface area contributed by atoms with Gasteiger partial charge in [-0.05, 0) is 50.3 Å². The SMILES string of the molecule is CCNC(=NCc1ccc(F)c(C)c1)NCC1(O)CCC1. The summed E-state index contributed by atoms with van der Waals surface area (Å²) in [6, 6.07) is 5.02. The first-order chi connectivity index (χ1) is 10.0. The molecule has 3 N–H and O–H groups in total. The molecule has 1 aromatic rings. The highest BCUT2D eigenvalue weighted by Gasteiger charge is 2.34. The summed E-state index contributed by atoms with van der Waals surface area (Å²) >= 11 is 0. The number of benzene rings is 1. The van der Waals surface area contributed by atoms with Crippen LogP contribution in [0.25, 0.3) is 0 Å². The molecule has 1 aliphatic carbocycles. The van der Waals surface area contributed by atoms with Crippen molar-refractivity contribution < 1.29 is 9.50 Å². The molecule has 0 heterocycles. The summed E-state index contributed by atoms with van der Waals surface area (Å²) in [6.45, 7) is 5.50. The zero-order valence-electron chi connectivity index (χ0n) is 12.7. The summed E-state index contributed by atoms with van der Waals surface area (Å²) in [7, 11) is 0. The van der Waals surface area contributed by atoms with E-state index < -0.39 is 5.60 Å². The molecule has 1 aliphatic rings. The zero-order chi connectivity index (χ0) is 15.3. The molecule has 1 saturated carbocycles. The average Bonchev–Trinajstić information content (AvgIpc) is 2.43. The molecule has 0 unspecified atom stereocenters. The second-order valence-electron chi connectivity index (χ2n) is 5.71. The average molecular weight is 293 g/mol. The number of aliphatic imine (C=N–C) groups is 1. The van der Waals surface area contributed by atoms with Crippen LogP contribution in [-0.4, -0.2) is 29.8 Å². The maximum Gasteiger partial charge on any atom is 0.191 e. The number of nitrogens with zero attached hydrogens (tertiary/aromatic N) is 1. The van der Waals surface area contributed by atoms with E-state index in [2.05, 4.69) is 15.6 Å². The minimum atomic E-state index is -0.581. The molecular weight excluding hydrogens is 269 g/mol. The molecule has 0 spiro atoms. The molecule has 5 heteroatoms. The Morgan fingerprint density at radius 2 is 2.14 bits per heavy atom. The fraction of sp³-hybridized carbons (Fsp3) is 0.562. The molecule has 0 saturated heterocycles. The second kappa shape index (κ2) is 6.89. The number of halogens is 1. The van der Waals surface area contributed by atoms with E-state index in [0.717, 1.165) is 31.4 Å². The highest BCUT2D eigenvalue weighted by Crippen LogP contribution is 2.30. The van der Waals surface area contributed by atoms with Crippen molar-refractivity contribution in [2.45, 2.75) is 45.3 Å². The Morgan fingerprint density at radius 3 is 2.71 bits per heavy atom. The first-order valence-corrected chi connectivity index (χ1v) is 7.52. The van der Waals surface area contributed by atoms with Crippen molar-refractivity contribution in [1.82, 2.24) is 10.6 Å². The van der Waals surface area contributed by atoms with Crippen LogP contribution in [0.5, 0.6) is 0 Å². The van der Waals surface area contributed by atoms with Crippen LogP contribution in [0.4, 0.5) is 4.39 Å². The first kappa shape index (κ1) is 15.8. The number of hydrogen-bond donors (Lipinski definition) is 3. The minimum absolute atomic E-state index is 0.194. The molecule has 21 heavy (non-hydrogen) atoms. The fourth-order valence-corrected chi connectivity index (χ4v) is 2.33. The summed E-state index contributed by atoms with van der Waals surface area (Å²) in [5, 5.41) is 16.4. The van der Waals surface area contributed by atoms with Gasteiger partial charge in [0.2, 0.25) is 0 Å². The van der Waals surface area contributed by atoms with Crippen LogP contribution in [0.3, 0.4) is 0 Å². The van der Waals surface area contributed by atoms with E-state index in [1.807, 2.05) is 13.0 Å². The van der Waals surface area contributed by atoms with Gasteiger partial charge in [-0.3, -0.25) is 0 Å². The Hall–Kier alpha value is -1.62. The molecule has 0 radical (unpaired) electrons. The van der Waals surface area contributed by atoms with Crippen LogP contribution < -0.4 is 10.6 Å². The third kappa shape index (κ3) is 4.43. The summed E-state index contributed by atoms with van der Waals surface area (Å²) < 4.78 is 13.2. The lowest BCUT2D eigenvalue weighted by atomic mass is 9.80. The van der Waals surface area contributed by atoms with E-state index in [-0.39, 0.29) is 5.82 Å². The van der Waals surface area contributed by atoms with E-state index in [0.29, 0.717) is 24.6 Å². The number of guanidine groups is 1. The first-order valence-electron chi connectivity index (χ1n) is 7.52. The number of aryl methyl sites for hydroxylation is 1. The van der Waals surface area contributed by atoms with Crippen molar-refractivity contribution in [2.24, 2.45) is 4.99 Å². The molecular formula is C16H24FN3O. The van der Waals surface area contributed by atoms with Gasteiger partial charge in [0.05, 0.1) is 12.1 Å². The fourth-order valence-electron chi connectivity index (χ4n) is 2.33. The van der Waals surface area contributed by atoms with Crippen LogP contribution >= 0.6 is 0 Å². The molecule has 0 bridgehead atoms. The van der Waals surface area contributed by atoms with E-state index >= 15 is 0 Å². The largest absolute Gasteiger partial charge is 0.388 e. The lowest BCUT2D eigenvalue weighted by molar-refractivity contribution is -0.0279. The maximum absolute atomic E-state index is 13.2. The summed E-state index contributed by atoms with van der Waals surface area (Å²) in [6.07, 6.45) is 2.77. The van der Waals surface area contributed by atoms with E-state index in [1.54, 1.807) is 13.0 Å². The molecule has 4 nitrogen and oxygen atoms in total. The van der Waals surface area contributed by atoms with Gasteiger partial charge < -0.3 is 15.7 Å². The van der Waals surface area contributed by atoms with Crippen molar-refractivity contribution in [3.8, 4) is 0 Å². The Balaban J connectivity index is 1.94. The summed E-state index contributed by atoms with van der Waals surface area (Å²) in [5.74, 6) is 0.486. The van der Waals surface area contributed by atoms with Crippen LogP contribution in [0, 0.1) is 12.7 Å². The van der Waals surface area contributed by atoms with Crippen molar-refractivity contribution >= 4 is 5.96 Å². The van der Waals surface area contributed by atoms with Gasteiger partial charge in [-0.25, -0.2) is 9.38 Å². The van der Waals surface area contributed by atoms with Gasteiger partial charge in [-0.1, -0.05) is 12.1 Å². The van der Waals surface area contributed by atoms with Gasteiger partial charge >= 0.3 is 0 Å². The Kier molecular flexibility index (Phi) is 5.17. The van der Waals surface area contributed by atoms with Crippen molar-refractivity contribution in [3.05, 3.63) is 35.1 Å². The number of rotatable bonds is 5. The third-order valence-corrected chi connectivity index (χ3v) is 3.86. The molecule has 0 aromatic heterocycles. The zero-order valence-corrected chi connectivity index (χ0v) is 12.7. The quantitative estimate of drug-likeness (QED) is 0.575. The summed E-state index contributed by atoms with van der Waals surface area (Å²) in [5.41, 5.74) is 1.01. The Labute approximate surface area is 125 Å². The van der Waals surface area contributed by atoms with Crippen molar-refractivity contribution in [1.29, 1.82) is 0 Å². The molecule has 1 fully saturated rings. The lowest BCUT2D eigenvalue weighted by Gasteiger charge is -2.37. The molecule has 0 aliphatic heterocycles. The highest BCUT2D eigenvalue weighted by molar-refractivity contribution is 5.79. The smallest absolute Gasteiger partial charge is 0.191 e. The van der Waals surface area contributed by atoms with Gasteiger partial charge in [-0.15, -0.1) is 0 Å². The summed E-state index contributed by atoms with van der Waals surface area (Å²) in [4.78, 5) is 4.48. The van der Waals surface area contributed by atoms with Gasteiger partial charge in [0.1, 0.15) is 5.82 Å². The van der Waals surface area contributed by atoms with E-state index in [1.165, 1.54) is 6.07 Å². The topological polar surface area (TPSA) is 56.7 Å². The Morgan fingerprint density at radius 1 is 1.38 bits per heavy atom. The van der Waals surface area contributed by atoms with Crippen molar-refractivity contribution in [3.63, 3.8) is 0 Å². The van der Waals surface area contributed by atoms with Gasteiger partial charge in [0.15, 0.2) is 5.96 Å². The number of aliphatic hydroxyl groups is 1. The third-order valence-electron chi connectivity index (χ3n) is 3.86. The predicted octanol–water partition coefficient (Wildman–Crippen LogP) is 2.10.